The van der Waals surface area contributed by atoms with Gasteiger partial charge in [-0.15, -0.1) is 0 Å². The number of amides is 1. The summed E-state index contributed by atoms with van der Waals surface area (Å²) in [6.07, 6.45) is 0.874. The molecule has 6 atom stereocenters. The van der Waals surface area contributed by atoms with E-state index in [1.54, 1.807) is 0 Å². The lowest BCUT2D eigenvalue weighted by Gasteiger charge is -2.27. The van der Waals surface area contributed by atoms with Gasteiger partial charge in [-0.05, 0) is 31.4 Å². The molecule has 21 heavy (non-hydrogen) atoms. The molecule has 1 aromatic rings. The van der Waals surface area contributed by atoms with Crippen LogP contribution in [0.25, 0.3) is 0 Å². The van der Waals surface area contributed by atoms with Gasteiger partial charge >= 0.3 is 5.97 Å². The summed E-state index contributed by atoms with van der Waals surface area (Å²) >= 11 is 3.62. The lowest BCUT2D eigenvalue weighted by Crippen LogP contribution is -2.40. The second-order valence-corrected chi connectivity index (χ2v) is 7.37. The van der Waals surface area contributed by atoms with E-state index < -0.39 is 0 Å². The highest BCUT2D eigenvalue weighted by Crippen LogP contribution is 2.60. The number of nitrogens with one attached hydrogen (secondary N) is 1. The van der Waals surface area contributed by atoms with Crippen LogP contribution in [0.5, 0.6) is 0 Å². The fourth-order valence-corrected chi connectivity index (χ4v) is 5.24. The Morgan fingerprint density at radius 3 is 2.71 bits per heavy atom. The first-order chi connectivity index (χ1) is 10.1. The molecule has 0 aromatic heterocycles. The van der Waals surface area contributed by atoms with Crippen LogP contribution < -0.4 is 5.32 Å². The summed E-state index contributed by atoms with van der Waals surface area (Å²) in [5.74, 6) is -0.370. The zero-order chi connectivity index (χ0) is 14.7. The van der Waals surface area contributed by atoms with Crippen LogP contribution in [0.15, 0.2) is 24.3 Å². The Bertz CT molecular complexity index is 614. The van der Waals surface area contributed by atoms with Crippen LogP contribution in [0.1, 0.15) is 12.0 Å². The molecule has 0 unspecified atom stereocenters. The van der Waals surface area contributed by atoms with E-state index in [1.807, 2.05) is 31.2 Å². The van der Waals surface area contributed by atoms with Gasteiger partial charge in [0.05, 0.1) is 16.7 Å². The highest BCUT2D eigenvalue weighted by molar-refractivity contribution is 9.09. The number of hydrogen-bond donors (Lipinski definition) is 1. The average Bonchev–Trinajstić information content (AvgIpc) is 3.05. The van der Waals surface area contributed by atoms with Gasteiger partial charge in [0, 0.05) is 11.6 Å². The normalized spacial score (nSPS) is 39.4. The van der Waals surface area contributed by atoms with Crippen LogP contribution in [-0.2, 0) is 14.3 Å². The zero-order valence-electron chi connectivity index (χ0n) is 11.6. The first kappa shape index (κ1) is 13.3. The Morgan fingerprint density at radius 2 is 2.00 bits per heavy atom. The molecule has 1 amide bonds. The molecular weight excluding hydrogens is 334 g/mol. The summed E-state index contributed by atoms with van der Waals surface area (Å²) in [4.78, 5) is 24.8. The predicted octanol–water partition coefficient (Wildman–Crippen LogP) is 2.50. The number of benzene rings is 1. The topological polar surface area (TPSA) is 55.4 Å². The number of fused-ring (bicyclic) bond motifs is 1. The molecule has 2 bridgehead atoms. The highest BCUT2D eigenvalue weighted by atomic mass is 79.9. The van der Waals surface area contributed by atoms with E-state index in [4.69, 9.17) is 4.74 Å². The molecule has 1 aromatic carbocycles. The molecule has 0 spiro atoms. The van der Waals surface area contributed by atoms with Crippen LogP contribution in [0.3, 0.4) is 0 Å². The summed E-state index contributed by atoms with van der Waals surface area (Å²) in [5.41, 5.74) is 1.93. The molecule has 2 saturated carbocycles. The fourth-order valence-electron chi connectivity index (χ4n) is 4.19. The SMILES string of the molecule is Cc1ccc(NC(=O)[C@@H]2[C@H]3C[C@H]4[C@H](OC(=O)[C@H]42)[C@H]3Br)cc1. The maximum atomic E-state index is 12.6. The van der Waals surface area contributed by atoms with E-state index in [9.17, 15) is 9.59 Å². The molecule has 4 nitrogen and oxygen atoms in total. The third kappa shape index (κ3) is 1.86. The van der Waals surface area contributed by atoms with Crippen LogP contribution in [0, 0.1) is 30.6 Å². The van der Waals surface area contributed by atoms with Gasteiger partial charge in [0.1, 0.15) is 6.10 Å². The van der Waals surface area contributed by atoms with Gasteiger partial charge < -0.3 is 10.1 Å². The smallest absolute Gasteiger partial charge is 0.310 e. The van der Waals surface area contributed by atoms with Crippen molar-refractivity contribution >= 4 is 33.5 Å². The van der Waals surface area contributed by atoms with Crippen molar-refractivity contribution in [2.24, 2.45) is 23.7 Å². The van der Waals surface area contributed by atoms with Gasteiger partial charge in [0.15, 0.2) is 0 Å². The van der Waals surface area contributed by atoms with E-state index in [-0.39, 0.29) is 46.5 Å². The summed E-state index contributed by atoms with van der Waals surface area (Å²) in [6.45, 7) is 2.01. The monoisotopic (exact) mass is 349 g/mol. The highest BCUT2D eigenvalue weighted by Gasteiger charge is 2.67. The third-order valence-electron chi connectivity index (χ3n) is 5.14. The molecule has 5 heteroatoms. The van der Waals surface area contributed by atoms with Gasteiger partial charge in [-0.2, -0.15) is 0 Å². The Balaban J connectivity index is 1.57. The first-order valence-electron chi connectivity index (χ1n) is 7.28. The molecule has 1 heterocycles. The number of alkyl halides is 1. The van der Waals surface area contributed by atoms with Gasteiger partial charge in [-0.25, -0.2) is 0 Å². The van der Waals surface area contributed by atoms with Crippen LogP contribution in [-0.4, -0.2) is 22.8 Å². The molecule has 3 fully saturated rings. The summed E-state index contributed by atoms with van der Waals surface area (Å²) in [6, 6.07) is 7.71. The maximum Gasteiger partial charge on any atom is 0.310 e. The van der Waals surface area contributed by atoms with Crippen molar-refractivity contribution in [3.8, 4) is 0 Å². The summed E-state index contributed by atoms with van der Waals surface area (Å²) < 4.78 is 5.43. The number of halogens is 1. The lowest BCUT2D eigenvalue weighted by atomic mass is 9.79. The Morgan fingerprint density at radius 1 is 1.29 bits per heavy atom. The van der Waals surface area contributed by atoms with Crippen molar-refractivity contribution in [1.82, 2.24) is 0 Å². The maximum absolute atomic E-state index is 12.6. The fraction of sp³-hybridized carbons (Fsp3) is 0.500. The van der Waals surface area contributed by atoms with Crippen LogP contribution in [0.2, 0.25) is 0 Å². The number of ether oxygens (including phenoxy) is 1. The van der Waals surface area contributed by atoms with Crippen molar-refractivity contribution in [2.45, 2.75) is 24.3 Å². The molecule has 0 radical (unpaired) electrons. The van der Waals surface area contributed by atoms with Gasteiger partial charge in [0.2, 0.25) is 5.91 Å². The van der Waals surface area contributed by atoms with Crippen molar-refractivity contribution in [2.75, 3.05) is 5.32 Å². The number of hydrogen-bond acceptors (Lipinski definition) is 3. The van der Waals surface area contributed by atoms with Crippen molar-refractivity contribution < 1.29 is 14.3 Å². The Kier molecular flexibility index (Phi) is 2.89. The molecule has 4 rings (SSSR count). The molecule has 2 aliphatic carbocycles. The van der Waals surface area contributed by atoms with Gasteiger partial charge in [-0.1, -0.05) is 33.6 Å². The van der Waals surface area contributed by atoms with E-state index in [0.717, 1.165) is 17.7 Å². The summed E-state index contributed by atoms with van der Waals surface area (Å²) in [5, 5.41) is 2.95. The van der Waals surface area contributed by atoms with E-state index in [1.165, 1.54) is 0 Å². The van der Waals surface area contributed by atoms with Crippen molar-refractivity contribution in [3.05, 3.63) is 29.8 Å². The minimum absolute atomic E-state index is 0.0316. The largest absolute Gasteiger partial charge is 0.461 e. The second kappa shape index (κ2) is 4.57. The lowest BCUT2D eigenvalue weighted by molar-refractivity contribution is -0.145. The number of carbonyl (C=O) groups is 2. The van der Waals surface area contributed by atoms with Crippen LogP contribution in [0.4, 0.5) is 5.69 Å². The Labute approximate surface area is 131 Å². The molecule has 1 aliphatic heterocycles. The first-order valence-corrected chi connectivity index (χ1v) is 8.20. The van der Waals surface area contributed by atoms with Gasteiger partial charge in [-0.3, -0.25) is 9.59 Å². The second-order valence-electron chi connectivity index (χ2n) is 6.32. The predicted molar refractivity (Wildman–Crippen MR) is 81.0 cm³/mol. The number of esters is 1. The Hall–Kier alpha value is -1.36. The standard InChI is InChI=1S/C16H16BrNO3/c1-7-2-4-8(5-3-7)18-15(19)11-9-6-10-12(11)16(20)21-14(10)13(9)17/h2-5,9-14H,6H2,1H3,(H,18,19)/t9-,10-,11-,12-,13+,14+/m1/s1. The van der Waals surface area contributed by atoms with Crippen molar-refractivity contribution in [3.63, 3.8) is 0 Å². The van der Waals surface area contributed by atoms with E-state index in [0.29, 0.717) is 0 Å². The molecule has 1 N–H and O–H groups in total. The zero-order valence-corrected chi connectivity index (χ0v) is 13.2. The van der Waals surface area contributed by atoms with Crippen molar-refractivity contribution in [1.29, 1.82) is 0 Å². The third-order valence-corrected chi connectivity index (χ3v) is 6.34. The molecular formula is C16H16BrNO3. The minimum Gasteiger partial charge on any atom is -0.461 e. The molecule has 110 valence electrons. The van der Waals surface area contributed by atoms with E-state index >= 15 is 0 Å². The summed E-state index contributed by atoms with van der Waals surface area (Å²) in [7, 11) is 0. The number of rotatable bonds is 2. The molecule has 3 aliphatic rings. The van der Waals surface area contributed by atoms with E-state index in [2.05, 4.69) is 21.2 Å². The average molecular weight is 350 g/mol. The van der Waals surface area contributed by atoms with Crippen LogP contribution >= 0.6 is 15.9 Å². The number of carbonyl (C=O) groups excluding carboxylic acids is 2. The number of anilines is 1. The number of aryl methyl sites for hydroxylation is 1. The minimum atomic E-state index is -0.271. The quantitative estimate of drug-likeness (QED) is 0.659. The molecule has 1 saturated heterocycles. The van der Waals surface area contributed by atoms with Gasteiger partial charge in [0.25, 0.3) is 0 Å².